The molecule has 76 valence electrons. The lowest BCUT2D eigenvalue weighted by atomic mass is 10.2. The smallest absolute Gasteiger partial charge is 0.0620 e. The van der Waals surface area contributed by atoms with Crippen molar-refractivity contribution in [2.75, 3.05) is 13.2 Å². The summed E-state index contributed by atoms with van der Waals surface area (Å²) in [5.41, 5.74) is 2.39. The molecule has 3 nitrogen and oxygen atoms in total. The summed E-state index contributed by atoms with van der Waals surface area (Å²) in [6.45, 7) is 4.68. The third-order valence-electron chi connectivity index (χ3n) is 2.63. The molecule has 1 aliphatic rings. The van der Waals surface area contributed by atoms with Crippen molar-refractivity contribution in [2.45, 2.75) is 25.9 Å². The second-order valence-corrected chi connectivity index (χ2v) is 3.69. The maximum Gasteiger partial charge on any atom is 0.0620 e. The zero-order valence-corrected chi connectivity index (χ0v) is 8.49. The Kier molecular flexibility index (Phi) is 3.11. The van der Waals surface area contributed by atoms with E-state index >= 15 is 0 Å². The van der Waals surface area contributed by atoms with E-state index < -0.39 is 0 Å². The summed E-state index contributed by atoms with van der Waals surface area (Å²) in [6.07, 6.45) is 2.96. The van der Waals surface area contributed by atoms with Crippen molar-refractivity contribution >= 4 is 0 Å². The lowest BCUT2D eigenvalue weighted by Gasteiger charge is -2.11. The van der Waals surface area contributed by atoms with Crippen molar-refractivity contribution in [3.05, 3.63) is 29.6 Å². The number of nitrogens with one attached hydrogen (secondary N) is 1. The van der Waals surface area contributed by atoms with Gasteiger partial charge in [-0.2, -0.15) is 0 Å². The predicted molar refractivity (Wildman–Crippen MR) is 55.0 cm³/mol. The van der Waals surface area contributed by atoms with Crippen molar-refractivity contribution in [2.24, 2.45) is 0 Å². The van der Waals surface area contributed by atoms with Crippen LogP contribution in [0.1, 0.15) is 17.7 Å². The summed E-state index contributed by atoms with van der Waals surface area (Å²) in [5, 5.41) is 3.47. The minimum atomic E-state index is 0.523. The van der Waals surface area contributed by atoms with Gasteiger partial charge in [0.1, 0.15) is 0 Å². The van der Waals surface area contributed by atoms with E-state index in [2.05, 4.69) is 16.4 Å². The van der Waals surface area contributed by atoms with E-state index in [1.165, 1.54) is 5.56 Å². The van der Waals surface area contributed by atoms with Gasteiger partial charge in [-0.15, -0.1) is 0 Å². The molecule has 1 aromatic heterocycles. The number of aryl methyl sites for hydroxylation is 1. The number of ether oxygens (including phenoxy) is 1. The summed E-state index contributed by atoms with van der Waals surface area (Å²) in [5.74, 6) is 0. The molecule has 2 rings (SSSR count). The van der Waals surface area contributed by atoms with Gasteiger partial charge in [0, 0.05) is 31.1 Å². The van der Waals surface area contributed by atoms with Gasteiger partial charge in [-0.3, -0.25) is 4.98 Å². The molecule has 1 saturated heterocycles. The van der Waals surface area contributed by atoms with Crippen LogP contribution in [-0.4, -0.2) is 24.2 Å². The minimum Gasteiger partial charge on any atom is -0.380 e. The molecule has 0 saturated carbocycles. The Morgan fingerprint density at radius 2 is 2.57 bits per heavy atom. The lowest BCUT2D eigenvalue weighted by molar-refractivity contribution is 0.190. The standard InChI is InChI=1S/C11H16N2O/c1-9-10(3-2-5-12-9)7-13-11-4-6-14-8-11/h2-3,5,11,13H,4,6-8H2,1H3. The van der Waals surface area contributed by atoms with Crippen LogP contribution in [0.5, 0.6) is 0 Å². The van der Waals surface area contributed by atoms with Gasteiger partial charge in [0.25, 0.3) is 0 Å². The molecule has 1 unspecified atom stereocenters. The first-order valence-corrected chi connectivity index (χ1v) is 5.08. The van der Waals surface area contributed by atoms with Crippen LogP contribution in [0, 0.1) is 6.92 Å². The summed E-state index contributed by atoms with van der Waals surface area (Å²) >= 11 is 0. The lowest BCUT2D eigenvalue weighted by Crippen LogP contribution is -2.28. The van der Waals surface area contributed by atoms with Crippen molar-refractivity contribution in [3.8, 4) is 0 Å². The molecule has 3 heteroatoms. The molecule has 0 spiro atoms. The largest absolute Gasteiger partial charge is 0.380 e. The first-order chi connectivity index (χ1) is 6.86. The van der Waals surface area contributed by atoms with Crippen LogP contribution in [0.2, 0.25) is 0 Å². The molecular formula is C11H16N2O. The first-order valence-electron chi connectivity index (χ1n) is 5.08. The van der Waals surface area contributed by atoms with Gasteiger partial charge < -0.3 is 10.1 Å². The van der Waals surface area contributed by atoms with Gasteiger partial charge in [0.05, 0.1) is 6.61 Å². The Balaban J connectivity index is 1.88. The summed E-state index contributed by atoms with van der Waals surface area (Å²) < 4.78 is 5.30. The fraction of sp³-hybridized carbons (Fsp3) is 0.545. The molecule has 14 heavy (non-hydrogen) atoms. The van der Waals surface area contributed by atoms with E-state index in [1.807, 2.05) is 19.2 Å². The Morgan fingerprint density at radius 3 is 3.29 bits per heavy atom. The van der Waals surface area contributed by atoms with E-state index in [1.54, 1.807) is 0 Å². The number of hydrogen-bond donors (Lipinski definition) is 1. The number of aromatic nitrogens is 1. The van der Waals surface area contributed by atoms with Gasteiger partial charge in [-0.1, -0.05) is 6.07 Å². The fourth-order valence-corrected chi connectivity index (χ4v) is 1.65. The monoisotopic (exact) mass is 192 g/mol. The topological polar surface area (TPSA) is 34.2 Å². The van der Waals surface area contributed by atoms with Crippen molar-refractivity contribution in [3.63, 3.8) is 0 Å². The number of pyridine rings is 1. The molecular weight excluding hydrogens is 176 g/mol. The van der Waals surface area contributed by atoms with Crippen LogP contribution in [0.3, 0.4) is 0 Å². The zero-order chi connectivity index (χ0) is 9.80. The van der Waals surface area contributed by atoms with E-state index in [4.69, 9.17) is 4.74 Å². The van der Waals surface area contributed by atoms with Gasteiger partial charge in [-0.25, -0.2) is 0 Å². The van der Waals surface area contributed by atoms with Crippen molar-refractivity contribution in [1.29, 1.82) is 0 Å². The predicted octanol–water partition coefficient (Wildman–Crippen LogP) is 1.27. The van der Waals surface area contributed by atoms with Crippen LogP contribution in [-0.2, 0) is 11.3 Å². The third-order valence-corrected chi connectivity index (χ3v) is 2.63. The molecule has 0 aliphatic carbocycles. The van der Waals surface area contributed by atoms with Crippen LogP contribution >= 0.6 is 0 Å². The second-order valence-electron chi connectivity index (χ2n) is 3.69. The molecule has 0 aromatic carbocycles. The van der Waals surface area contributed by atoms with Gasteiger partial charge in [0.15, 0.2) is 0 Å². The summed E-state index contributed by atoms with van der Waals surface area (Å²) in [7, 11) is 0. The Hall–Kier alpha value is -0.930. The van der Waals surface area contributed by atoms with Crippen LogP contribution in [0.25, 0.3) is 0 Å². The molecule has 1 atom stereocenters. The van der Waals surface area contributed by atoms with Gasteiger partial charge >= 0.3 is 0 Å². The van der Waals surface area contributed by atoms with Crippen molar-refractivity contribution < 1.29 is 4.74 Å². The Morgan fingerprint density at radius 1 is 1.64 bits per heavy atom. The first kappa shape index (κ1) is 9.62. The van der Waals surface area contributed by atoms with E-state index in [0.717, 1.165) is 31.9 Å². The van der Waals surface area contributed by atoms with Gasteiger partial charge in [0.2, 0.25) is 0 Å². The molecule has 2 heterocycles. The molecule has 1 N–H and O–H groups in total. The Labute approximate surface area is 84.5 Å². The highest BCUT2D eigenvalue weighted by atomic mass is 16.5. The third kappa shape index (κ3) is 2.30. The quantitative estimate of drug-likeness (QED) is 0.783. The molecule has 1 aromatic rings. The summed E-state index contributed by atoms with van der Waals surface area (Å²) in [6, 6.07) is 4.62. The zero-order valence-electron chi connectivity index (χ0n) is 8.49. The summed E-state index contributed by atoms with van der Waals surface area (Å²) in [4.78, 5) is 4.25. The molecule has 1 fully saturated rings. The van der Waals surface area contributed by atoms with Crippen LogP contribution < -0.4 is 5.32 Å². The number of rotatable bonds is 3. The SMILES string of the molecule is Cc1ncccc1CNC1CCOC1. The Bertz CT molecular complexity index is 295. The fourth-order valence-electron chi connectivity index (χ4n) is 1.65. The van der Waals surface area contributed by atoms with Crippen LogP contribution in [0.15, 0.2) is 18.3 Å². The maximum atomic E-state index is 5.30. The minimum absolute atomic E-state index is 0.523. The van der Waals surface area contributed by atoms with Gasteiger partial charge in [-0.05, 0) is 25.0 Å². The number of nitrogens with zero attached hydrogens (tertiary/aromatic N) is 1. The second kappa shape index (κ2) is 4.53. The number of hydrogen-bond acceptors (Lipinski definition) is 3. The highest BCUT2D eigenvalue weighted by molar-refractivity contribution is 5.17. The van der Waals surface area contributed by atoms with E-state index in [-0.39, 0.29) is 0 Å². The van der Waals surface area contributed by atoms with E-state index in [9.17, 15) is 0 Å². The highest BCUT2D eigenvalue weighted by Crippen LogP contribution is 2.07. The average molecular weight is 192 g/mol. The normalized spacial score (nSPS) is 21.4. The molecule has 1 aliphatic heterocycles. The molecule has 0 radical (unpaired) electrons. The van der Waals surface area contributed by atoms with Crippen LogP contribution in [0.4, 0.5) is 0 Å². The molecule has 0 amide bonds. The van der Waals surface area contributed by atoms with Crippen molar-refractivity contribution in [1.82, 2.24) is 10.3 Å². The maximum absolute atomic E-state index is 5.30. The van der Waals surface area contributed by atoms with E-state index in [0.29, 0.717) is 6.04 Å². The highest BCUT2D eigenvalue weighted by Gasteiger charge is 2.14. The average Bonchev–Trinajstić information content (AvgIpc) is 2.69. The molecule has 0 bridgehead atoms.